The van der Waals surface area contributed by atoms with Crippen LogP contribution in [0, 0.1) is 0 Å². The van der Waals surface area contributed by atoms with Gasteiger partial charge in [-0.25, -0.2) is 4.98 Å². The number of piperazine rings is 1. The smallest absolute Gasteiger partial charge is 0.257 e. The first-order valence-electron chi connectivity index (χ1n) is 8.60. The molecule has 0 radical (unpaired) electrons. The molecule has 0 spiro atoms. The van der Waals surface area contributed by atoms with Crippen molar-refractivity contribution >= 4 is 11.9 Å². The van der Waals surface area contributed by atoms with Gasteiger partial charge in [0.05, 0.1) is 24.6 Å². The largest absolute Gasteiger partial charge is 0.481 e. The molecule has 2 fully saturated rings. The van der Waals surface area contributed by atoms with E-state index >= 15 is 0 Å². The molecule has 3 heterocycles. The molecule has 1 saturated carbocycles. The highest BCUT2D eigenvalue weighted by Crippen LogP contribution is 2.41. The highest BCUT2D eigenvalue weighted by Gasteiger charge is 2.33. The summed E-state index contributed by atoms with van der Waals surface area (Å²) in [6.45, 7) is 2.71. The summed E-state index contributed by atoms with van der Waals surface area (Å²) in [5, 5.41) is 4.30. The molecule has 8 heteroatoms. The van der Waals surface area contributed by atoms with Gasteiger partial charge in [-0.1, -0.05) is 0 Å². The van der Waals surface area contributed by atoms with E-state index in [1.54, 1.807) is 25.6 Å². The third kappa shape index (κ3) is 3.04. The molecule has 2 aromatic heterocycles. The van der Waals surface area contributed by atoms with Gasteiger partial charge in [-0.2, -0.15) is 10.1 Å². The summed E-state index contributed by atoms with van der Waals surface area (Å²) < 4.78 is 7.01. The predicted octanol–water partition coefficient (Wildman–Crippen LogP) is 1.06. The van der Waals surface area contributed by atoms with Gasteiger partial charge in [0.15, 0.2) is 0 Å². The first kappa shape index (κ1) is 15.9. The lowest BCUT2D eigenvalue weighted by Crippen LogP contribution is -2.49. The van der Waals surface area contributed by atoms with E-state index in [9.17, 15) is 4.79 Å². The van der Waals surface area contributed by atoms with Gasteiger partial charge < -0.3 is 14.5 Å². The van der Waals surface area contributed by atoms with E-state index in [2.05, 4.69) is 20.0 Å². The average Bonchev–Trinajstić information content (AvgIpc) is 3.43. The molecule has 132 valence electrons. The fourth-order valence-electron chi connectivity index (χ4n) is 3.33. The molecule has 0 unspecified atom stereocenters. The van der Waals surface area contributed by atoms with E-state index in [1.165, 1.54) is 0 Å². The Morgan fingerprint density at radius 2 is 2.00 bits per heavy atom. The number of aromatic nitrogens is 4. The number of ether oxygens (including phenoxy) is 1. The molecule has 0 atom stereocenters. The molecule has 1 aliphatic carbocycles. The minimum absolute atomic E-state index is 0.0845. The molecular formula is C17H22N6O2. The number of aryl methyl sites for hydroxylation is 1. The summed E-state index contributed by atoms with van der Waals surface area (Å²) >= 11 is 0. The Morgan fingerprint density at radius 3 is 2.68 bits per heavy atom. The summed E-state index contributed by atoms with van der Waals surface area (Å²) in [5.41, 5.74) is 1.85. The number of hydrogen-bond acceptors (Lipinski definition) is 6. The van der Waals surface area contributed by atoms with Gasteiger partial charge >= 0.3 is 0 Å². The molecule has 0 N–H and O–H groups in total. The number of rotatable bonds is 4. The monoisotopic (exact) mass is 342 g/mol. The molecule has 1 aliphatic heterocycles. The van der Waals surface area contributed by atoms with Crippen molar-refractivity contribution in [2.45, 2.75) is 18.8 Å². The highest BCUT2D eigenvalue weighted by atomic mass is 16.5. The van der Waals surface area contributed by atoms with Crippen LogP contribution in [0.3, 0.4) is 0 Å². The van der Waals surface area contributed by atoms with Crippen LogP contribution in [0.2, 0.25) is 0 Å². The predicted molar refractivity (Wildman–Crippen MR) is 91.9 cm³/mol. The Labute approximate surface area is 146 Å². The normalized spacial score (nSPS) is 17.7. The van der Waals surface area contributed by atoms with Crippen LogP contribution in [-0.2, 0) is 7.05 Å². The maximum Gasteiger partial charge on any atom is 0.257 e. The summed E-state index contributed by atoms with van der Waals surface area (Å²) in [6, 6.07) is 1.73. The SMILES string of the molecule is COc1ccnc(N2CCN(C(=O)c3cnn(C)c3C3CC3)CC2)n1. The number of carbonyl (C=O) groups is 1. The van der Waals surface area contributed by atoms with Gasteiger partial charge in [0, 0.05) is 51.4 Å². The fraction of sp³-hybridized carbons (Fsp3) is 0.529. The van der Waals surface area contributed by atoms with Crippen molar-refractivity contribution in [2.75, 3.05) is 38.2 Å². The number of carbonyl (C=O) groups excluding carboxylic acids is 1. The maximum absolute atomic E-state index is 12.9. The minimum atomic E-state index is 0.0845. The number of anilines is 1. The van der Waals surface area contributed by atoms with E-state index in [0.29, 0.717) is 43.9 Å². The lowest BCUT2D eigenvalue weighted by atomic mass is 10.1. The molecule has 8 nitrogen and oxygen atoms in total. The zero-order valence-electron chi connectivity index (χ0n) is 14.6. The Balaban J connectivity index is 1.44. The van der Waals surface area contributed by atoms with Crippen LogP contribution in [0.4, 0.5) is 5.95 Å². The number of nitrogens with zero attached hydrogens (tertiary/aromatic N) is 6. The Kier molecular flexibility index (Phi) is 4.03. The first-order chi connectivity index (χ1) is 12.2. The lowest BCUT2D eigenvalue weighted by molar-refractivity contribution is 0.0745. The van der Waals surface area contributed by atoms with Gasteiger partial charge in [-0.15, -0.1) is 0 Å². The van der Waals surface area contributed by atoms with Crippen LogP contribution in [0.1, 0.15) is 34.8 Å². The van der Waals surface area contributed by atoms with Gasteiger partial charge in [0.25, 0.3) is 5.91 Å². The average molecular weight is 342 g/mol. The van der Waals surface area contributed by atoms with E-state index in [1.807, 2.05) is 16.6 Å². The van der Waals surface area contributed by atoms with Gasteiger partial charge in [-0.05, 0) is 12.8 Å². The molecule has 1 saturated heterocycles. The van der Waals surface area contributed by atoms with Crippen molar-refractivity contribution in [2.24, 2.45) is 7.05 Å². The molecule has 2 aliphatic rings. The zero-order chi connectivity index (χ0) is 17.4. The second kappa shape index (κ2) is 6.34. The van der Waals surface area contributed by atoms with Gasteiger partial charge in [0.1, 0.15) is 0 Å². The second-order valence-electron chi connectivity index (χ2n) is 6.52. The Bertz CT molecular complexity index is 777. The van der Waals surface area contributed by atoms with Crippen LogP contribution in [0.5, 0.6) is 5.88 Å². The van der Waals surface area contributed by atoms with E-state index < -0.39 is 0 Å². The zero-order valence-corrected chi connectivity index (χ0v) is 14.6. The van der Waals surface area contributed by atoms with Crippen molar-refractivity contribution in [1.29, 1.82) is 0 Å². The minimum Gasteiger partial charge on any atom is -0.481 e. The number of methoxy groups -OCH3 is 1. The van der Waals surface area contributed by atoms with Crippen molar-refractivity contribution in [3.8, 4) is 5.88 Å². The molecule has 0 aromatic carbocycles. The Morgan fingerprint density at radius 1 is 1.24 bits per heavy atom. The third-order valence-electron chi connectivity index (χ3n) is 4.86. The van der Waals surface area contributed by atoms with E-state index in [0.717, 1.165) is 24.1 Å². The molecule has 0 bridgehead atoms. The van der Waals surface area contributed by atoms with Crippen molar-refractivity contribution < 1.29 is 9.53 Å². The van der Waals surface area contributed by atoms with Crippen molar-refractivity contribution in [3.05, 3.63) is 29.7 Å². The first-order valence-corrected chi connectivity index (χ1v) is 8.60. The lowest BCUT2D eigenvalue weighted by Gasteiger charge is -2.34. The van der Waals surface area contributed by atoms with E-state index in [-0.39, 0.29) is 5.91 Å². The summed E-state index contributed by atoms with van der Waals surface area (Å²) in [5.74, 6) is 1.78. The molecular weight excluding hydrogens is 320 g/mol. The van der Waals surface area contributed by atoms with Crippen LogP contribution >= 0.6 is 0 Å². The molecule has 1 amide bonds. The molecule has 2 aromatic rings. The quantitative estimate of drug-likeness (QED) is 0.827. The number of hydrogen-bond donors (Lipinski definition) is 0. The topological polar surface area (TPSA) is 76.4 Å². The summed E-state index contributed by atoms with van der Waals surface area (Å²) in [4.78, 5) is 25.6. The van der Waals surface area contributed by atoms with Crippen molar-refractivity contribution in [3.63, 3.8) is 0 Å². The van der Waals surface area contributed by atoms with Crippen LogP contribution < -0.4 is 9.64 Å². The summed E-state index contributed by atoms with van der Waals surface area (Å²) in [6.07, 6.45) is 5.71. The van der Waals surface area contributed by atoms with E-state index in [4.69, 9.17) is 4.74 Å². The van der Waals surface area contributed by atoms with Crippen molar-refractivity contribution in [1.82, 2.24) is 24.6 Å². The number of amides is 1. The molecule has 25 heavy (non-hydrogen) atoms. The van der Waals surface area contributed by atoms with Crippen LogP contribution in [0.15, 0.2) is 18.5 Å². The Hall–Kier alpha value is -2.64. The summed E-state index contributed by atoms with van der Waals surface area (Å²) in [7, 11) is 3.51. The highest BCUT2D eigenvalue weighted by molar-refractivity contribution is 5.95. The standard InChI is InChI=1S/C17H22N6O2/c1-21-15(12-3-4-12)13(11-19-21)16(24)22-7-9-23(10-8-22)17-18-6-5-14(20-17)25-2/h5-6,11-12H,3-4,7-10H2,1-2H3. The third-order valence-corrected chi connectivity index (χ3v) is 4.86. The van der Waals surface area contributed by atoms with Crippen LogP contribution in [-0.4, -0.2) is 63.8 Å². The second-order valence-corrected chi connectivity index (χ2v) is 6.52. The van der Waals surface area contributed by atoms with Crippen LogP contribution in [0.25, 0.3) is 0 Å². The molecule has 4 rings (SSSR count). The van der Waals surface area contributed by atoms with Gasteiger partial charge in [0.2, 0.25) is 11.8 Å². The fourth-order valence-corrected chi connectivity index (χ4v) is 3.33. The van der Waals surface area contributed by atoms with Gasteiger partial charge in [-0.3, -0.25) is 9.48 Å². The maximum atomic E-state index is 12.9.